The number of nitrogens with two attached hydrogens (primary N) is 1. The largest absolute Gasteiger partial charge is 0.365 e. The molecule has 2 amide bonds. The Hall–Kier alpha value is -2.28. The first-order valence-corrected chi connectivity index (χ1v) is 8.39. The SMILES string of the molecule is C[C@@H]1CCc2c(sc(NC(=O)c3c(F)cccc3F)c2C(N)=O)C1. The Kier molecular flexibility index (Phi) is 4.36. The number of carbonyl (C=O) groups excluding carboxylic acids is 2. The van der Waals surface area contributed by atoms with Crippen molar-refractivity contribution in [2.45, 2.75) is 26.2 Å². The number of thiophene rings is 1. The van der Waals surface area contributed by atoms with Crippen LogP contribution in [0.5, 0.6) is 0 Å². The number of fused-ring (bicyclic) bond motifs is 1. The fourth-order valence-electron chi connectivity index (χ4n) is 2.98. The van der Waals surface area contributed by atoms with Gasteiger partial charge < -0.3 is 11.1 Å². The van der Waals surface area contributed by atoms with E-state index in [1.165, 1.54) is 17.4 Å². The normalized spacial score (nSPS) is 16.5. The van der Waals surface area contributed by atoms with Crippen molar-refractivity contribution in [2.24, 2.45) is 11.7 Å². The molecule has 2 aromatic rings. The minimum absolute atomic E-state index is 0.256. The molecule has 0 radical (unpaired) electrons. The van der Waals surface area contributed by atoms with Crippen molar-refractivity contribution >= 4 is 28.2 Å². The van der Waals surface area contributed by atoms with E-state index in [9.17, 15) is 18.4 Å². The van der Waals surface area contributed by atoms with E-state index in [1.807, 2.05) is 0 Å². The van der Waals surface area contributed by atoms with Crippen LogP contribution in [0.15, 0.2) is 18.2 Å². The highest BCUT2D eigenvalue weighted by atomic mass is 32.1. The molecule has 7 heteroatoms. The number of carbonyl (C=O) groups is 2. The fourth-order valence-corrected chi connectivity index (χ4v) is 4.39. The van der Waals surface area contributed by atoms with Gasteiger partial charge in [0.2, 0.25) is 0 Å². The lowest BCUT2D eigenvalue weighted by atomic mass is 9.88. The molecule has 1 aliphatic carbocycles. The third kappa shape index (κ3) is 2.91. The lowest BCUT2D eigenvalue weighted by Gasteiger charge is -2.18. The van der Waals surface area contributed by atoms with Gasteiger partial charge in [0.05, 0.1) is 5.56 Å². The Labute approximate surface area is 141 Å². The smallest absolute Gasteiger partial charge is 0.262 e. The zero-order chi connectivity index (χ0) is 17.4. The molecule has 0 unspecified atom stereocenters. The van der Waals surface area contributed by atoms with E-state index in [0.717, 1.165) is 35.4 Å². The summed E-state index contributed by atoms with van der Waals surface area (Å²) in [5.41, 5.74) is 5.89. The van der Waals surface area contributed by atoms with Crippen LogP contribution in [0.3, 0.4) is 0 Å². The van der Waals surface area contributed by atoms with Crippen LogP contribution in [0.4, 0.5) is 13.8 Å². The number of halogens is 2. The summed E-state index contributed by atoms with van der Waals surface area (Å²) in [5.74, 6) is -3.01. The van der Waals surface area contributed by atoms with Crippen LogP contribution in [-0.2, 0) is 12.8 Å². The van der Waals surface area contributed by atoms with Crippen molar-refractivity contribution in [3.05, 3.63) is 51.4 Å². The number of nitrogens with one attached hydrogen (secondary N) is 1. The third-order valence-corrected chi connectivity index (χ3v) is 5.34. The van der Waals surface area contributed by atoms with Crippen LogP contribution in [-0.4, -0.2) is 11.8 Å². The van der Waals surface area contributed by atoms with Gasteiger partial charge in [-0.15, -0.1) is 11.3 Å². The average Bonchev–Trinajstić information content (AvgIpc) is 2.83. The van der Waals surface area contributed by atoms with Gasteiger partial charge in [-0.05, 0) is 42.9 Å². The maximum absolute atomic E-state index is 13.8. The first-order valence-electron chi connectivity index (χ1n) is 7.58. The lowest BCUT2D eigenvalue weighted by Crippen LogP contribution is -2.20. The van der Waals surface area contributed by atoms with Crippen LogP contribution in [0.1, 0.15) is 44.5 Å². The molecular formula is C17H16F2N2O2S. The minimum Gasteiger partial charge on any atom is -0.365 e. The van der Waals surface area contributed by atoms with Gasteiger partial charge in [0, 0.05) is 4.88 Å². The molecular weight excluding hydrogens is 334 g/mol. The average molecular weight is 350 g/mol. The number of anilines is 1. The highest BCUT2D eigenvalue weighted by Crippen LogP contribution is 2.39. The molecule has 3 N–H and O–H groups in total. The highest BCUT2D eigenvalue weighted by Gasteiger charge is 2.28. The van der Waals surface area contributed by atoms with Crippen molar-refractivity contribution in [1.82, 2.24) is 0 Å². The first kappa shape index (κ1) is 16.6. The Morgan fingerprint density at radius 3 is 2.54 bits per heavy atom. The first-order chi connectivity index (χ1) is 11.4. The molecule has 0 spiro atoms. The standard InChI is InChI=1S/C17H16F2N2O2S/c1-8-5-6-9-12(7-8)24-17(13(9)15(20)22)21-16(23)14-10(18)3-2-4-11(14)19/h2-4,8H,5-7H2,1H3,(H2,20,22)(H,21,23)/t8-/m1/s1. The molecule has 0 saturated heterocycles. The second kappa shape index (κ2) is 6.32. The number of primary amides is 1. The van der Waals surface area contributed by atoms with Gasteiger partial charge >= 0.3 is 0 Å². The predicted molar refractivity (Wildman–Crippen MR) is 88.3 cm³/mol. The van der Waals surface area contributed by atoms with E-state index in [2.05, 4.69) is 12.2 Å². The Morgan fingerprint density at radius 1 is 1.25 bits per heavy atom. The Morgan fingerprint density at radius 2 is 1.92 bits per heavy atom. The van der Waals surface area contributed by atoms with E-state index in [0.29, 0.717) is 12.3 Å². The lowest BCUT2D eigenvalue weighted by molar-refractivity contribution is 0.1000. The maximum Gasteiger partial charge on any atom is 0.262 e. The van der Waals surface area contributed by atoms with Crippen LogP contribution in [0.2, 0.25) is 0 Å². The van der Waals surface area contributed by atoms with Crippen molar-refractivity contribution in [3.8, 4) is 0 Å². The van der Waals surface area contributed by atoms with Crippen molar-refractivity contribution in [2.75, 3.05) is 5.32 Å². The Balaban J connectivity index is 1.98. The van der Waals surface area contributed by atoms with Crippen molar-refractivity contribution < 1.29 is 18.4 Å². The predicted octanol–water partition coefficient (Wildman–Crippen LogP) is 3.50. The molecule has 24 heavy (non-hydrogen) atoms. The molecule has 0 bridgehead atoms. The molecule has 1 heterocycles. The summed E-state index contributed by atoms with van der Waals surface area (Å²) < 4.78 is 27.5. The molecule has 1 aliphatic rings. The van der Waals surface area contributed by atoms with E-state index < -0.39 is 29.0 Å². The van der Waals surface area contributed by atoms with Crippen LogP contribution >= 0.6 is 11.3 Å². The van der Waals surface area contributed by atoms with Crippen molar-refractivity contribution in [1.29, 1.82) is 0 Å². The number of rotatable bonds is 3. The van der Waals surface area contributed by atoms with E-state index in [4.69, 9.17) is 5.73 Å². The number of benzene rings is 1. The summed E-state index contributed by atoms with van der Waals surface area (Å²) in [6.07, 6.45) is 2.43. The number of hydrogen-bond acceptors (Lipinski definition) is 3. The molecule has 3 rings (SSSR count). The fraction of sp³-hybridized carbons (Fsp3) is 0.294. The summed E-state index contributed by atoms with van der Waals surface area (Å²) in [5, 5.41) is 2.72. The summed E-state index contributed by atoms with van der Waals surface area (Å²) in [6.45, 7) is 2.11. The quantitative estimate of drug-likeness (QED) is 0.889. The van der Waals surface area contributed by atoms with Crippen molar-refractivity contribution in [3.63, 3.8) is 0 Å². The second-order valence-corrected chi connectivity index (χ2v) is 7.08. The monoisotopic (exact) mass is 350 g/mol. The van der Waals surface area contributed by atoms with E-state index >= 15 is 0 Å². The van der Waals surface area contributed by atoms with Crippen LogP contribution < -0.4 is 11.1 Å². The molecule has 1 aromatic carbocycles. The molecule has 126 valence electrons. The molecule has 0 aliphatic heterocycles. The molecule has 1 atom stereocenters. The van der Waals surface area contributed by atoms with Gasteiger partial charge in [0.15, 0.2) is 0 Å². The van der Waals surface area contributed by atoms with Gasteiger partial charge in [-0.1, -0.05) is 13.0 Å². The molecule has 1 aromatic heterocycles. The number of amides is 2. The van der Waals surface area contributed by atoms with E-state index in [1.54, 1.807) is 0 Å². The van der Waals surface area contributed by atoms with Crippen LogP contribution in [0.25, 0.3) is 0 Å². The van der Waals surface area contributed by atoms with E-state index in [-0.39, 0.29) is 10.6 Å². The minimum atomic E-state index is -0.955. The summed E-state index contributed by atoms with van der Waals surface area (Å²) in [6, 6.07) is 3.20. The third-order valence-electron chi connectivity index (χ3n) is 4.17. The summed E-state index contributed by atoms with van der Waals surface area (Å²) in [7, 11) is 0. The molecule has 0 fully saturated rings. The molecule has 4 nitrogen and oxygen atoms in total. The number of hydrogen-bond donors (Lipinski definition) is 2. The van der Waals surface area contributed by atoms with Crippen LogP contribution in [0, 0.1) is 17.6 Å². The summed E-state index contributed by atoms with van der Waals surface area (Å²) >= 11 is 1.25. The van der Waals surface area contributed by atoms with Gasteiger partial charge in [-0.25, -0.2) is 8.78 Å². The maximum atomic E-state index is 13.8. The highest BCUT2D eigenvalue weighted by molar-refractivity contribution is 7.17. The zero-order valence-corrected chi connectivity index (χ0v) is 13.8. The van der Waals surface area contributed by atoms with Gasteiger partial charge in [0.25, 0.3) is 11.8 Å². The molecule has 0 saturated carbocycles. The summed E-state index contributed by atoms with van der Waals surface area (Å²) in [4.78, 5) is 25.1. The zero-order valence-electron chi connectivity index (χ0n) is 13.0. The topological polar surface area (TPSA) is 72.2 Å². The second-order valence-electron chi connectivity index (χ2n) is 5.97. The van der Waals surface area contributed by atoms with Gasteiger partial charge in [-0.2, -0.15) is 0 Å². The van der Waals surface area contributed by atoms with Gasteiger partial charge in [-0.3, -0.25) is 9.59 Å². The Bertz CT molecular complexity index is 812. The van der Waals surface area contributed by atoms with Gasteiger partial charge in [0.1, 0.15) is 22.2 Å².